The van der Waals surface area contributed by atoms with Crippen molar-refractivity contribution in [2.75, 3.05) is 0 Å². The number of nitrogens with zero attached hydrogens (tertiary/aromatic N) is 1. The van der Waals surface area contributed by atoms with Crippen molar-refractivity contribution in [1.29, 1.82) is 0 Å². The van der Waals surface area contributed by atoms with Crippen molar-refractivity contribution in [3.63, 3.8) is 0 Å². The third kappa shape index (κ3) is 5.17. The maximum Gasteiger partial charge on any atom is 0.357 e. The Morgan fingerprint density at radius 3 is 2.44 bits per heavy atom. The van der Waals surface area contributed by atoms with Crippen LogP contribution in [0.3, 0.4) is 0 Å². The number of hydrogen-bond acceptors (Lipinski definition) is 5. The molecule has 0 aliphatic heterocycles. The molecule has 0 bridgehead atoms. The molecule has 1 atom stereocenters. The van der Waals surface area contributed by atoms with Crippen LogP contribution in [-0.2, 0) is 9.53 Å². The summed E-state index contributed by atoms with van der Waals surface area (Å²) in [6, 6.07) is 10.1. The summed E-state index contributed by atoms with van der Waals surface area (Å²) in [5.41, 5.74) is 1.54. The SMILES string of the molecule is CC(C)NC(=O)NC(=O)[C@@H](C)OC(=O)c1cc(-c2ccccc2)n[nH]1. The van der Waals surface area contributed by atoms with Crippen LogP contribution in [-0.4, -0.2) is 40.3 Å². The van der Waals surface area contributed by atoms with E-state index in [2.05, 4.69) is 20.8 Å². The lowest BCUT2D eigenvalue weighted by molar-refractivity contribution is -0.127. The van der Waals surface area contributed by atoms with Gasteiger partial charge in [0.2, 0.25) is 0 Å². The largest absolute Gasteiger partial charge is 0.448 e. The minimum Gasteiger partial charge on any atom is -0.448 e. The molecule has 0 aliphatic rings. The Hall–Kier alpha value is -3.16. The zero-order valence-corrected chi connectivity index (χ0v) is 14.2. The molecule has 2 rings (SSSR count). The second-order valence-corrected chi connectivity index (χ2v) is 5.70. The van der Waals surface area contributed by atoms with E-state index in [4.69, 9.17) is 4.74 Å². The molecule has 0 fully saturated rings. The first-order valence-corrected chi connectivity index (χ1v) is 7.80. The van der Waals surface area contributed by atoms with Crippen LogP contribution in [0.15, 0.2) is 36.4 Å². The summed E-state index contributed by atoms with van der Waals surface area (Å²) in [4.78, 5) is 35.4. The fourth-order valence-electron chi connectivity index (χ4n) is 1.97. The van der Waals surface area contributed by atoms with E-state index in [9.17, 15) is 14.4 Å². The van der Waals surface area contributed by atoms with Gasteiger partial charge < -0.3 is 10.1 Å². The van der Waals surface area contributed by atoms with E-state index in [0.717, 1.165) is 5.56 Å². The zero-order valence-electron chi connectivity index (χ0n) is 14.2. The summed E-state index contributed by atoms with van der Waals surface area (Å²) < 4.78 is 5.05. The van der Waals surface area contributed by atoms with Crippen LogP contribution < -0.4 is 10.6 Å². The molecule has 0 saturated heterocycles. The molecular weight excluding hydrogens is 324 g/mol. The number of carbonyl (C=O) groups excluding carboxylic acids is 3. The molecule has 132 valence electrons. The topological polar surface area (TPSA) is 113 Å². The smallest absolute Gasteiger partial charge is 0.357 e. The minimum atomic E-state index is -1.13. The fourth-order valence-corrected chi connectivity index (χ4v) is 1.97. The van der Waals surface area contributed by atoms with Gasteiger partial charge in [-0.15, -0.1) is 0 Å². The zero-order chi connectivity index (χ0) is 18.4. The number of carbonyl (C=O) groups is 3. The summed E-state index contributed by atoms with van der Waals surface area (Å²) in [6.07, 6.45) is -1.13. The van der Waals surface area contributed by atoms with Crippen molar-refractivity contribution in [3.8, 4) is 11.3 Å². The number of benzene rings is 1. The molecule has 2 aromatic rings. The van der Waals surface area contributed by atoms with E-state index in [0.29, 0.717) is 5.69 Å². The predicted molar refractivity (Wildman–Crippen MR) is 90.7 cm³/mol. The van der Waals surface area contributed by atoms with E-state index in [1.54, 1.807) is 13.8 Å². The van der Waals surface area contributed by atoms with Gasteiger partial charge in [-0.05, 0) is 26.8 Å². The minimum absolute atomic E-state index is 0.116. The van der Waals surface area contributed by atoms with Gasteiger partial charge in [-0.25, -0.2) is 9.59 Å². The van der Waals surface area contributed by atoms with E-state index in [-0.39, 0.29) is 11.7 Å². The van der Waals surface area contributed by atoms with Crippen molar-refractivity contribution in [2.24, 2.45) is 0 Å². The number of rotatable bonds is 5. The van der Waals surface area contributed by atoms with E-state index in [1.807, 2.05) is 30.3 Å². The first-order valence-electron chi connectivity index (χ1n) is 7.80. The van der Waals surface area contributed by atoms with Gasteiger partial charge in [-0.1, -0.05) is 30.3 Å². The molecule has 25 heavy (non-hydrogen) atoms. The Balaban J connectivity index is 1.94. The number of amides is 3. The van der Waals surface area contributed by atoms with Gasteiger partial charge >= 0.3 is 12.0 Å². The van der Waals surface area contributed by atoms with Crippen LogP contribution in [0.25, 0.3) is 11.3 Å². The Kier molecular flexibility index (Phi) is 5.89. The molecule has 3 amide bonds. The van der Waals surface area contributed by atoms with E-state index in [1.165, 1.54) is 13.0 Å². The highest BCUT2D eigenvalue weighted by Gasteiger charge is 2.22. The molecule has 0 aliphatic carbocycles. The number of urea groups is 1. The van der Waals surface area contributed by atoms with Gasteiger partial charge in [0.1, 0.15) is 5.69 Å². The van der Waals surface area contributed by atoms with Gasteiger partial charge in [-0.3, -0.25) is 15.2 Å². The highest BCUT2D eigenvalue weighted by atomic mass is 16.5. The number of esters is 1. The van der Waals surface area contributed by atoms with Crippen LogP contribution in [0.1, 0.15) is 31.3 Å². The fraction of sp³-hybridized carbons (Fsp3) is 0.294. The summed E-state index contributed by atoms with van der Waals surface area (Å²) in [7, 11) is 0. The van der Waals surface area contributed by atoms with Crippen molar-refractivity contribution in [3.05, 3.63) is 42.1 Å². The van der Waals surface area contributed by atoms with Crippen LogP contribution >= 0.6 is 0 Å². The van der Waals surface area contributed by atoms with E-state index >= 15 is 0 Å². The average Bonchev–Trinajstić information content (AvgIpc) is 3.04. The number of imide groups is 1. The quantitative estimate of drug-likeness (QED) is 0.717. The highest BCUT2D eigenvalue weighted by Crippen LogP contribution is 2.17. The van der Waals surface area contributed by atoms with Crippen LogP contribution in [0.2, 0.25) is 0 Å². The Morgan fingerprint density at radius 1 is 1.12 bits per heavy atom. The monoisotopic (exact) mass is 344 g/mol. The number of nitrogens with one attached hydrogen (secondary N) is 3. The van der Waals surface area contributed by atoms with Gasteiger partial charge in [-0.2, -0.15) is 5.10 Å². The first kappa shape index (κ1) is 18.2. The van der Waals surface area contributed by atoms with Crippen molar-refractivity contribution >= 4 is 17.9 Å². The Labute approximate surface area is 145 Å². The first-order chi connectivity index (χ1) is 11.9. The summed E-state index contributed by atoms with van der Waals surface area (Å²) >= 11 is 0. The lowest BCUT2D eigenvalue weighted by Crippen LogP contribution is -2.46. The predicted octanol–water partition coefficient (Wildman–Crippen LogP) is 1.86. The van der Waals surface area contributed by atoms with Gasteiger partial charge in [0.15, 0.2) is 6.10 Å². The Bertz CT molecular complexity index is 755. The maximum absolute atomic E-state index is 12.1. The van der Waals surface area contributed by atoms with E-state index < -0.39 is 24.0 Å². The third-order valence-electron chi connectivity index (χ3n) is 3.18. The van der Waals surface area contributed by atoms with Crippen molar-refractivity contribution in [2.45, 2.75) is 32.9 Å². The molecule has 8 heteroatoms. The summed E-state index contributed by atoms with van der Waals surface area (Å²) in [6.45, 7) is 4.90. The van der Waals surface area contributed by atoms with Gasteiger partial charge in [0.25, 0.3) is 5.91 Å². The van der Waals surface area contributed by atoms with Gasteiger partial charge in [0.05, 0.1) is 5.69 Å². The van der Waals surface area contributed by atoms with Crippen molar-refractivity contribution < 1.29 is 19.1 Å². The third-order valence-corrected chi connectivity index (χ3v) is 3.18. The number of aromatic amines is 1. The summed E-state index contributed by atoms with van der Waals surface area (Å²) in [5.74, 6) is -1.45. The van der Waals surface area contributed by atoms with Crippen LogP contribution in [0.4, 0.5) is 4.79 Å². The molecule has 0 saturated carbocycles. The number of aromatic nitrogens is 2. The number of H-pyrrole nitrogens is 1. The molecule has 1 aromatic carbocycles. The maximum atomic E-state index is 12.1. The standard InChI is InChI=1S/C17H20N4O4/c1-10(2)18-17(24)19-15(22)11(3)25-16(23)14-9-13(20-21-14)12-7-5-4-6-8-12/h4-11H,1-3H3,(H,20,21)(H2,18,19,22,24)/t11-/m1/s1. The lowest BCUT2D eigenvalue weighted by atomic mass is 10.1. The second-order valence-electron chi connectivity index (χ2n) is 5.70. The second kappa shape index (κ2) is 8.09. The lowest BCUT2D eigenvalue weighted by Gasteiger charge is -2.13. The Morgan fingerprint density at radius 2 is 1.80 bits per heavy atom. The van der Waals surface area contributed by atoms with Crippen LogP contribution in [0, 0.1) is 0 Å². The molecule has 8 nitrogen and oxygen atoms in total. The molecule has 1 heterocycles. The summed E-state index contributed by atoms with van der Waals surface area (Å²) in [5, 5.41) is 11.2. The normalized spacial score (nSPS) is 11.7. The highest BCUT2D eigenvalue weighted by molar-refractivity contribution is 5.98. The van der Waals surface area contributed by atoms with Crippen molar-refractivity contribution in [1.82, 2.24) is 20.8 Å². The average molecular weight is 344 g/mol. The number of hydrogen-bond donors (Lipinski definition) is 3. The molecule has 0 spiro atoms. The molecule has 0 radical (unpaired) electrons. The molecule has 0 unspecified atom stereocenters. The molecule has 3 N–H and O–H groups in total. The number of ether oxygens (including phenoxy) is 1. The van der Waals surface area contributed by atoms with Gasteiger partial charge in [0, 0.05) is 11.6 Å². The molecule has 1 aromatic heterocycles. The molecular formula is C17H20N4O4. The van der Waals surface area contributed by atoms with Crippen LogP contribution in [0.5, 0.6) is 0 Å².